The molecule has 0 spiro atoms. The van der Waals surface area contributed by atoms with Gasteiger partial charge in [0, 0.05) is 0 Å². The normalized spacial score (nSPS) is 23.6. The summed E-state index contributed by atoms with van der Waals surface area (Å²) in [4.78, 5) is 0. The van der Waals surface area contributed by atoms with E-state index < -0.39 is 36.6 Å². The second-order valence-corrected chi connectivity index (χ2v) is 15.0. The minimum atomic E-state index is -1.33. The Hall–Kier alpha value is -1.78. The van der Waals surface area contributed by atoms with Gasteiger partial charge in [0.1, 0.15) is 36.6 Å². The maximum absolute atomic E-state index is 11.1. The van der Waals surface area contributed by atoms with E-state index in [2.05, 4.69) is 13.8 Å². The van der Waals surface area contributed by atoms with Gasteiger partial charge in [-0.1, -0.05) is 91.0 Å². The van der Waals surface area contributed by atoms with Crippen molar-refractivity contribution >= 4 is 21.1 Å². The number of hydrogen-bond acceptors (Lipinski definition) is 6. The average molecular weight is 683 g/mol. The topological polar surface area (TPSA) is 88.4 Å². The van der Waals surface area contributed by atoms with Gasteiger partial charge in [-0.15, -0.1) is 0 Å². The molecule has 6 atom stereocenters. The molecule has 0 amide bonds. The maximum atomic E-state index is 11.1. The van der Waals surface area contributed by atoms with Crippen LogP contribution in [0.3, 0.4) is 0 Å². The quantitative estimate of drug-likeness (QED) is 0.135. The van der Waals surface area contributed by atoms with Crippen LogP contribution in [0.5, 0.6) is 0 Å². The number of ether oxygens (including phenoxy) is 3. The fraction of sp³-hybridized carbons (Fsp3) is 0.486. The van der Waals surface area contributed by atoms with E-state index in [0.717, 1.165) is 16.7 Å². The summed E-state index contributed by atoms with van der Waals surface area (Å²) in [6.45, 7) is 5.20. The van der Waals surface area contributed by atoms with Gasteiger partial charge in [0.2, 0.25) is 0 Å². The molecular weight excluding hydrogens is 635 g/mol. The number of aliphatic hydroxyl groups excluding tert-OH is 3. The van der Waals surface area contributed by atoms with Gasteiger partial charge in [0.05, 0.1) is 19.8 Å². The van der Waals surface area contributed by atoms with Crippen LogP contribution < -0.4 is 0 Å². The van der Waals surface area contributed by atoms with E-state index in [4.69, 9.17) is 14.2 Å². The Morgan fingerprint density at radius 2 is 0.833 bits per heavy atom. The summed E-state index contributed by atoms with van der Waals surface area (Å²) in [7, 11) is 0. The first-order valence-electron chi connectivity index (χ1n) is 15.3. The van der Waals surface area contributed by atoms with Crippen LogP contribution in [0.15, 0.2) is 91.0 Å². The van der Waals surface area contributed by atoms with Gasteiger partial charge in [0.15, 0.2) is 0 Å². The van der Waals surface area contributed by atoms with Crippen molar-refractivity contribution in [3.63, 3.8) is 0 Å². The number of hydrogen-bond donors (Lipinski definition) is 3. The van der Waals surface area contributed by atoms with Crippen molar-refractivity contribution in [1.82, 2.24) is 0 Å². The van der Waals surface area contributed by atoms with E-state index in [1.165, 1.54) is 25.7 Å². The Balaban J connectivity index is 0.000000467. The molecule has 1 aliphatic carbocycles. The predicted molar refractivity (Wildman–Crippen MR) is 168 cm³/mol. The third-order valence-corrected chi connectivity index (χ3v) is 11.3. The van der Waals surface area contributed by atoms with Gasteiger partial charge in [-0.05, 0) is 16.7 Å². The van der Waals surface area contributed by atoms with E-state index in [0.29, 0.717) is 0 Å². The van der Waals surface area contributed by atoms with Crippen LogP contribution in [0.1, 0.15) is 56.2 Å². The Bertz CT molecular complexity index is 1060. The molecular formula is C35H48O6Sn. The number of benzene rings is 3. The van der Waals surface area contributed by atoms with Gasteiger partial charge in [0.25, 0.3) is 0 Å². The minimum absolute atomic E-state index is 0.149. The molecule has 2 radical (unpaired) electrons. The summed E-state index contributed by atoms with van der Waals surface area (Å²) < 4.78 is 21.2. The average Bonchev–Trinajstić information content (AvgIpc) is 3.03. The Kier molecular flexibility index (Phi) is 16.7. The van der Waals surface area contributed by atoms with Gasteiger partial charge in [-0.25, -0.2) is 0 Å². The summed E-state index contributed by atoms with van der Waals surface area (Å²) in [5.74, 6) is 0. The maximum Gasteiger partial charge on any atom is 0.115 e. The monoisotopic (exact) mass is 684 g/mol. The smallest absolute Gasteiger partial charge is 0.115 e. The SMILES string of the molecule is CCC[CH2][Sn][CH2]CCC.O[C@@H]1[C@@H](O)[C@H](OCc2ccccc2)[C@@H](OCc2ccccc2)[C@@H](O)[C@H]1OCc1ccccc1. The van der Waals surface area contributed by atoms with Crippen LogP contribution in [-0.2, 0) is 34.0 Å². The van der Waals surface area contributed by atoms with Crippen LogP contribution in [0.25, 0.3) is 0 Å². The van der Waals surface area contributed by atoms with Gasteiger partial charge < -0.3 is 29.5 Å². The summed E-state index contributed by atoms with van der Waals surface area (Å²) in [6.07, 6.45) is -0.844. The molecule has 1 aliphatic rings. The third kappa shape index (κ3) is 11.7. The molecule has 1 saturated carbocycles. The van der Waals surface area contributed by atoms with Crippen molar-refractivity contribution < 1.29 is 29.5 Å². The fourth-order valence-corrected chi connectivity index (χ4v) is 8.94. The molecule has 3 N–H and O–H groups in total. The summed E-state index contributed by atoms with van der Waals surface area (Å²) >= 11 is 0.149. The van der Waals surface area contributed by atoms with E-state index in [-0.39, 0.29) is 41.0 Å². The Morgan fingerprint density at radius 3 is 1.21 bits per heavy atom. The largest absolute Gasteiger partial charge is 0.387 e. The van der Waals surface area contributed by atoms with Crippen LogP contribution >= 0.6 is 0 Å². The van der Waals surface area contributed by atoms with Crippen molar-refractivity contribution in [2.45, 2.75) is 105 Å². The van der Waals surface area contributed by atoms with Gasteiger partial charge in [-0.2, -0.15) is 0 Å². The van der Waals surface area contributed by atoms with Gasteiger partial charge >= 0.3 is 69.5 Å². The van der Waals surface area contributed by atoms with Crippen LogP contribution in [-0.4, -0.2) is 73.1 Å². The fourth-order valence-electron chi connectivity index (χ4n) is 4.78. The zero-order valence-corrected chi connectivity index (χ0v) is 27.9. The van der Waals surface area contributed by atoms with Crippen LogP contribution in [0.2, 0.25) is 8.87 Å². The molecule has 0 aromatic heterocycles. The van der Waals surface area contributed by atoms with Crippen molar-refractivity contribution in [2.24, 2.45) is 0 Å². The zero-order valence-electron chi connectivity index (χ0n) is 25.1. The molecule has 3 aromatic rings. The molecule has 0 heterocycles. The van der Waals surface area contributed by atoms with Crippen molar-refractivity contribution in [3.8, 4) is 0 Å². The predicted octanol–water partition coefficient (Wildman–Crippen LogP) is 5.97. The second-order valence-electron chi connectivity index (χ2n) is 10.7. The zero-order chi connectivity index (χ0) is 30.0. The molecule has 4 rings (SSSR count). The number of aliphatic hydroxyl groups is 3. The summed E-state index contributed by atoms with van der Waals surface area (Å²) in [5.41, 5.74) is 2.74. The van der Waals surface area contributed by atoms with E-state index in [1.807, 2.05) is 91.0 Å². The first kappa shape index (κ1) is 34.7. The molecule has 0 saturated heterocycles. The van der Waals surface area contributed by atoms with Crippen molar-refractivity contribution in [3.05, 3.63) is 108 Å². The molecule has 6 nitrogen and oxygen atoms in total. The molecule has 0 aliphatic heterocycles. The Morgan fingerprint density at radius 1 is 0.500 bits per heavy atom. The van der Waals surface area contributed by atoms with Crippen molar-refractivity contribution in [1.29, 1.82) is 0 Å². The van der Waals surface area contributed by atoms with Crippen molar-refractivity contribution in [2.75, 3.05) is 0 Å². The van der Waals surface area contributed by atoms with E-state index in [9.17, 15) is 15.3 Å². The molecule has 3 aromatic carbocycles. The summed E-state index contributed by atoms with van der Waals surface area (Å²) in [6, 6.07) is 28.6. The molecule has 228 valence electrons. The minimum Gasteiger partial charge on any atom is -0.387 e. The summed E-state index contributed by atoms with van der Waals surface area (Å²) in [5, 5.41) is 32.8. The molecule has 0 bridgehead atoms. The molecule has 42 heavy (non-hydrogen) atoms. The second kappa shape index (κ2) is 20.2. The standard InChI is InChI=1S/C27H30O6.2C4H9.Sn/c28-22-23(29)26(32-17-20-12-6-2-7-13-20)27(33-18-21-14-8-3-9-15-21)24(30)25(22)31-16-19-10-4-1-5-11-19;2*1-3-4-2;/h1-15,22-30H,16-18H2;2*1,3-4H2,2H3;/t22-,23-,24+,25+,26+,27+;;;/m1.../s1. The van der Waals surface area contributed by atoms with Crippen LogP contribution in [0, 0.1) is 0 Å². The molecule has 1 fully saturated rings. The first-order valence-corrected chi connectivity index (χ1v) is 19.3. The Labute approximate surface area is 262 Å². The molecule has 7 heteroatoms. The molecule has 0 unspecified atom stereocenters. The van der Waals surface area contributed by atoms with E-state index >= 15 is 0 Å². The van der Waals surface area contributed by atoms with Crippen LogP contribution in [0.4, 0.5) is 0 Å². The number of unbranched alkanes of at least 4 members (excludes halogenated alkanes) is 2. The van der Waals surface area contributed by atoms with Gasteiger partial charge in [-0.3, -0.25) is 0 Å². The number of rotatable bonds is 15. The first-order chi connectivity index (χ1) is 20.5. The third-order valence-electron chi connectivity index (χ3n) is 7.29. The van der Waals surface area contributed by atoms with E-state index in [1.54, 1.807) is 8.87 Å².